The fourth-order valence-corrected chi connectivity index (χ4v) is 14.3. The number of allylic oxidation sites excluding steroid dienone is 4. The molecular formula is C85H162O17P2. The van der Waals surface area contributed by atoms with E-state index in [0.717, 1.165) is 115 Å². The number of hydrogen-bond acceptors (Lipinski definition) is 15. The predicted octanol–water partition coefficient (Wildman–Crippen LogP) is 25.5. The molecule has 0 aromatic rings. The van der Waals surface area contributed by atoms with Gasteiger partial charge in [-0.25, -0.2) is 9.13 Å². The van der Waals surface area contributed by atoms with Gasteiger partial charge in [-0.3, -0.25) is 37.3 Å². The molecular weight excluding hydrogens is 1350 g/mol. The number of aliphatic hydroxyl groups is 1. The molecule has 104 heavy (non-hydrogen) atoms. The van der Waals surface area contributed by atoms with E-state index in [1.54, 1.807) is 0 Å². The summed E-state index contributed by atoms with van der Waals surface area (Å²) in [7, 11) is -9.94. The number of esters is 4. The summed E-state index contributed by atoms with van der Waals surface area (Å²) in [5, 5.41) is 10.7. The van der Waals surface area contributed by atoms with E-state index >= 15 is 0 Å². The van der Waals surface area contributed by atoms with Crippen molar-refractivity contribution in [2.75, 3.05) is 39.6 Å². The summed E-state index contributed by atoms with van der Waals surface area (Å²) in [5.74, 6) is -1.36. The Morgan fingerprint density at radius 3 is 0.788 bits per heavy atom. The van der Waals surface area contributed by atoms with Crippen molar-refractivity contribution in [1.82, 2.24) is 0 Å². The number of carbonyl (C=O) groups excluding carboxylic acids is 4. The lowest BCUT2D eigenvalue weighted by Gasteiger charge is -2.21. The highest BCUT2D eigenvalue weighted by Crippen LogP contribution is 2.45. The lowest BCUT2D eigenvalue weighted by Crippen LogP contribution is -2.30. The molecule has 0 rings (SSSR count). The number of unbranched alkanes of at least 4 members (excludes halogenated alkanes) is 52. The maximum Gasteiger partial charge on any atom is 0.472 e. The second-order valence-electron chi connectivity index (χ2n) is 30.4. The molecule has 0 amide bonds. The van der Waals surface area contributed by atoms with Crippen LogP contribution >= 0.6 is 15.6 Å². The molecule has 0 fully saturated rings. The summed E-state index contributed by atoms with van der Waals surface area (Å²) >= 11 is 0. The Labute approximate surface area is 637 Å². The molecule has 614 valence electrons. The standard InChI is InChI=1S/C85H162O17P2/c1-6-9-12-15-18-21-24-27-29-30-31-32-33-34-36-39-45-50-55-60-65-70-84(89)101-80(75-96-83(88)69-64-59-54-49-44-38-35-28-25-22-19-16-13-10-7-2)76-99-103(91,92)97-72-79(86)73-98-104(93,94)100-77-81(74-95-82(87)68-63-58-53-48-43-37-26-23-20-17-14-11-8-3)102-85(90)71-66-61-56-51-46-41-40-42-47-52-57-62-67-78(4)5/h22,25,28,35,78-81,86H,6-21,23-24,26-27,29-34,36-77H2,1-5H3,(H,91,92)(H,93,94)/b25-22-,35-28-/t79-,80-,81-/m1/s1. The van der Waals surface area contributed by atoms with Crippen molar-refractivity contribution in [2.24, 2.45) is 5.92 Å². The minimum absolute atomic E-state index is 0.102. The quantitative estimate of drug-likeness (QED) is 0.0169. The summed E-state index contributed by atoms with van der Waals surface area (Å²) in [4.78, 5) is 73.2. The maximum atomic E-state index is 13.1. The highest BCUT2D eigenvalue weighted by Gasteiger charge is 2.30. The highest BCUT2D eigenvalue weighted by atomic mass is 31.2. The van der Waals surface area contributed by atoms with E-state index in [-0.39, 0.29) is 25.7 Å². The summed E-state index contributed by atoms with van der Waals surface area (Å²) in [6, 6.07) is 0. The molecule has 0 saturated heterocycles. The van der Waals surface area contributed by atoms with Gasteiger partial charge in [-0.15, -0.1) is 0 Å². The van der Waals surface area contributed by atoms with Gasteiger partial charge in [-0.2, -0.15) is 0 Å². The lowest BCUT2D eigenvalue weighted by molar-refractivity contribution is -0.161. The summed E-state index contributed by atoms with van der Waals surface area (Å²) in [6.45, 7) is 7.30. The van der Waals surface area contributed by atoms with Crippen LogP contribution in [0.3, 0.4) is 0 Å². The Balaban J connectivity index is 5.28. The second kappa shape index (κ2) is 77.3. The summed E-state index contributed by atoms with van der Waals surface area (Å²) in [6.07, 6.45) is 72.9. The van der Waals surface area contributed by atoms with Gasteiger partial charge in [0, 0.05) is 25.7 Å². The van der Waals surface area contributed by atoms with Crippen molar-refractivity contribution in [3.8, 4) is 0 Å². The van der Waals surface area contributed by atoms with Crippen molar-refractivity contribution in [1.29, 1.82) is 0 Å². The maximum absolute atomic E-state index is 13.1. The molecule has 0 aliphatic carbocycles. The Kier molecular flexibility index (Phi) is 75.4. The molecule has 19 heteroatoms. The smallest absolute Gasteiger partial charge is 0.462 e. The van der Waals surface area contributed by atoms with Crippen molar-refractivity contribution in [3.63, 3.8) is 0 Å². The first-order valence-corrected chi connectivity index (χ1v) is 46.4. The van der Waals surface area contributed by atoms with Crippen LogP contribution in [0.2, 0.25) is 0 Å². The number of phosphoric acid groups is 2. The number of phosphoric ester groups is 2. The molecule has 0 heterocycles. The molecule has 17 nitrogen and oxygen atoms in total. The minimum Gasteiger partial charge on any atom is -0.462 e. The van der Waals surface area contributed by atoms with Crippen molar-refractivity contribution in [2.45, 2.75) is 451 Å². The SMILES string of the molecule is CCCCCC/C=C\C=C/CCCCCCCC(=O)OC[C@H](COP(=O)(O)OC[C@@H](O)COP(=O)(O)OC[C@@H](COC(=O)CCCCCCCCCCCCCCC)OC(=O)CCCCCCCCCCCCCCC(C)C)OC(=O)CCCCCCCCCCCCCCCCCCCCCCC. The topological polar surface area (TPSA) is 237 Å². The first kappa shape index (κ1) is 102. The Morgan fingerprint density at radius 2 is 0.519 bits per heavy atom. The van der Waals surface area contributed by atoms with Gasteiger partial charge in [0.1, 0.15) is 19.3 Å². The molecule has 0 spiro atoms. The summed E-state index contributed by atoms with van der Waals surface area (Å²) < 4.78 is 68.8. The van der Waals surface area contributed by atoms with Crippen LogP contribution in [0, 0.1) is 5.92 Å². The van der Waals surface area contributed by atoms with Gasteiger partial charge >= 0.3 is 39.5 Å². The van der Waals surface area contributed by atoms with E-state index in [4.69, 9.17) is 37.0 Å². The molecule has 2 unspecified atom stereocenters. The monoisotopic (exact) mass is 1520 g/mol. The van der Waals surface area contributed by atoms with E-state index in [1.807, 2.05) is 0 Å². The second-order valence-corrected chi connectivity index (χ2v) is 33.3. The van der Waals surface area contributed by atoms with Gasteiger partial charge in [-0.1, -0.05) is 380 Å². The molecule has 0 radical (unpaired) electrons. The minimum atomic E-state index is -4.97. The average molecular weight is 1520 g/mol. The summed E-state index contributed by atoms with van der Waals surface area (Å²) in [5.41, 5.74) is 0. The van der Waals surface area contributed by atoms with Gasteiger partial charge in [0.2, 0.25) is 0 Å². The van der Waals surface area contributed by atoms with Crippen LogP contribution < -0.4 is 0 Å². The van der Waals surface area contributed by atoms with Gasteiger partial charge in [-0.05, 0) is 57.3 Å². The van der Waals surface area contributed by atoms with Gasteiger partial charge < -0.3 is 33.8 Å². The number of ether oxygens (including phenoxy) is 4. The average Bonchev–Trinajstić information content (AvgIpc) is 0.903. The zero-order valence-electron chi connectivity index (χ0n) is 67.7. The highest BCUT2D eigenvalue weighted by molar-refractivity contribution is 7.47. The van der Waals surface area contributed by atoms with Gasteiger partial charge in [0.25, 0.3) is 0 Å². The molecule has 0 saturated carbocycles. The fraction of sp³-hybridized carbons (Fsp3) is 0.906. The van der Waals surface area contributed by atoms with E-state index in [0.29, 0.717) is 25.7 Å². The number of hydrogen-bond donors (Lipinski definition) is 3. The van der Waals surface area contributed by atoms with E-state index < -0.39 is 97.5 Å². The van der Waals surface area contributed by atoms with Crippen LogP contribution in [-0.2, 0) is 65.4 Å². The van der Waals surface area contributed by atoms with Crippen LogP contribution in [0.4, 0.5) is 0 Å². The lowest BCUT2D eigenvalue weighted by atomic mass is 10.0. The van der Waals surface area contributed by atoms with Crippen LogP contribution in [-0.4, -0.2) is 96.7 Å². The normalized spacial score (nSPS) is 13.9. The van der Waals surface area contributed by atoms with Crippen molar-refractivity contribution < 1.29 is 80.2 Å². The van der Waals surface area contributed by atoms with Gasteiger partial charge in [0.05, 0.1) is 26.4 Å². The third-order valence-corrected chi connectivity index (χ3v) is 21.3. The molecule has 3 N–H and O–H groups in total. The number of carbonyl (C=O) groups is 4. The van der Waals surface area contributed by atoms with Crippen LogP contribution in [0.5, 0.6) is 0 Å². The third kappa shape index (κ3) is 77.7. The first-order valence-electron chi connectivity index (χ1n) is 43.5. The van der Waals surface area contributed by atoms with Crippen LogP contribution in [0.15, 0.2) is 24.3 Å². The first-order chi connectivity index (χ1) is 50.5. The molecule has 0 aromatic carbocycles. The Morgan fingerprint density at radius 1 is 0.298 bits per heavy atom. The van der Waals surface area contributed by atoms with Gasteiger partial charge in [0.15, 0.2) is 12.2 Å². The predicted molar refractivity (Wildman–Crippen MR) is 428 cm³/mol. The van der Waals surface area contributed by atoms with E-state index in [1.165, 1.54) is 238 Å². The van der Waals surface area contributed by atoms with E-state index in [2.05, 4.69) is 58.9 Å². The molecule has 0 aliphatic rings. The van der Waals surface area contributed by atoms with Crippen molar-refractivity contribution in [3.05, 3.63) is 24.3 Å². The fourth-order valence-electron chi connectivity index (χ4n) is 12.8. The van der Waals surface area contributed by atoms with Crippen molar-refractivity contribution >= 4 is 39.5 Å². The zero-order valence-corrected chi connectivity index (χ0v) is 69.4. The molecule has 0 aliphatic heterocycles. The number of aliphatic hydroxyl groups excluding tert-OH is 1. The molecule has 5 atom stereocenters. The zero-order chi connectivity index (χ0) is 76.2. The number of rotatable bonds is 83. The largest absolute Gasteiger partial charge is 0.472 e. The van der Waals surface area contributed by atoms with Crippen LogP contribution in [0.25, 0.3) is 0 Å². The Bertz CT molecular complexity index is 2070. The van der Waals surface area contributed by atoms with E-state index in [9.17, 15) is 43.2 Å². The Hall–Kier alpha value is -2.46. The third-order valence-electron chi connectivity index (χ3n) is 19.4. The van der Waals surface area contributed by atoms with Crippen LogP contribution in [0.1, 0.15) is 433 Å². The molecule has 0 bridgehead atoms. The molecule has 0 aromatic heterocycles.